The molecule has 19 heavy (non-hydrogen) atoms. The molecule has 3 rings (SSSR count). The molecule has 1 aromatic rings. The third kappa shape index (κ3) is 3.48. The number of rotatable bonds is 2. The van der Waals surface area contributed by atoms with Crippen LogP contribution >= 0.6 is 0 Å². The Labute approximate surface area is 114 Å². The number of pyridine rings is 1. The summed E-state index contributed by atoms with van der Waals surface area (Å²) >= 11 is 0. The molecular formula is C16H20N2O. The molecule has 3 nitrogen and oxygen atoms in total. The third-order valence-corrected chi connectivity index (χ3v) is 3.77. The summed E-state index contributed by atoms with van der Waals surface area (Å²) in [6.07, 6.45) is 11.3. The molecule has 1 unspecified atom stereocenters. The average molecular weight is 256 g/mol. The smallest absolute Gasteiger partial charge is 0.139 e. The Hall–Kier alpha value is -1.53. The molecule has 0 aromatic carbocycles. The fraction of sp³-hybridized carbons (Fsp3) is 0.562. The number of nitrogens with one attached hydrogen (secondary N) is 1. The molecule has 1 aromatic heterocycles. The highest BCUT2D eigenvalue weighted by Crippen LogP contribution is 2.23. The van der Waals surface area contributed by atoms with Crippen molar-refractivity contribution in [1.29, 1.82) is 0 Å². The van der Waals surface area contributed by atoms with Crippen LogP contribution in [0.25, 0.3) is 0 Å². The summed E-state index contributed by atoms with van der Waals surface area (Å²) < 4.78 is 5.94. The maximum absolute atomic E-state index is 5.94. The number of aromatic nitrogens is 1. The van der Waals surface area contributed by atoms with Crippen molar-refractivity contribution in [2.75, 3.05) is 6.54 Å². The summed E-state index contributed by atoms with van der Waals surface area (Å²) in [5.41, 5.74) is 0.948. The fourth-order valence-corrected chi connectivity index (χ4v) is 2.73. The zero-order valence-electron chi connectivity index (χ0n) is 11.2. The number of hydrogen-bond acceptors (Lipinski definition) is 3. The molecule has 100 valence electrons. The SMILES string of the molecule is C(#CC1CCCN1)c1cncc(OC2CCCC2)c1. The summed E-state index contributed by atoms with van der Waals surface area (Å²) in [5, 5.41) is 3.37. The molecule has 1 atom stereocenters. The summed E-state index contributed by atoms with van der Waals surface area (Å²) in [7, 11) is 0. The molecule has 1 N–H and O–H groups in total. The predicted molar refractivity (Wildman–Crippen MR) is 75.0 cm³/mol. The van der Waals surface area contributed by atoms with Gasteiger partial charge < -0.3 is 10.1 Å². The highest BCUT2D eigenvalue weighted by Gasteiger charge is 2.16. The Kier molecular flexibility index (Phi) is 4.00. The lowest BCUT2D eigenvalue weighted by Gasteiger charge is -2.12. The third-order valence-electron chi connectivity index (χ3n) is 3.77. The molecule has 1 aliphatic carbocycles. The molecule has 0 amide bonds. The first-order valence-corrected chi connectivity index (χ1v) is 7.27. The molecule has 0 bridgehead atoms. The summed E-state index contributed by atoms with van der Waals surface area (Å²) in [4.78, 5) is 4.22. The highest BCUT2D eigenvalue weighted by molar-refractivity contribution is 5.37. The first kappa shape index (κ1) is 12.5. The maximum Gasteiger partial charge on any atom is 0.139 e. The molecule has 0 spiro atoms. The van der Waals surface area contributed by atoms with Gasteiger partial charge in [0.2, 0.25) is 0 Å². The van der Waals surface area contributed by atoms with Crippen molar-refractivity contribution >= 4 is 0 Å². The van der Waals surface area contributed by atoms with Gasteiger partial charge in [0.1, 0.15) is 5.75 Å². The number of hydrogen-bond donors (Lipinski definition) is 1. The molecule has 1 saturated carbocycles. The average Bonchev–Trinajstić information content (AvgIpc) is 3.10. The molecule has 1 aliphatic heterocycles. The van der Waals surface area contributed by atoms with Crippen LogP contribution in [-0.4, -0.2) is 23.7 Å². The Bertz CT molecular complexity index is 477. The van der Waals surface area contributed by atoms with E-state index in [9.17, 15) is 0 Å². The second-order valence-electron chi connectivity index (χ2n) is 5.35. The van der Waals surface area contributed by atoms with E-state index >= 15 is 0 Å². The quantitative estimate of drug-likeness (QED) is 0.826. The number of nitrogens with zero attached hydrogens (tertiary/aromatic N) is 1. The summed E-state index contributed by atoms with van der Waals surface area (Å²) in [6.45, 7) is 1.09. The van der Waals surface area contributed by atoms with Crippen molar-refractivity contribution in [2.45, 2.75) is 50.7 Å². The van der Waals surface area contributed by atoms with E-state index in [1.807, 2.05) is 12.3 Å². The van der Waals surface area contributed by atoms with E-state index in [0.717, 1.165) is 24.3 Å². The first-order valence-electron chi connectivity index (χ1n) is 7.27. The number of ether oxygens (including phenoxy) is 1. The topological polar surface area (TPSA) is 34.2 Å². The van der Waals surface area contributed by atoms with Gasteiger partial charge in [0, 0.05) is 11.8 Å². The molecule has 2 fully saturated rings. The molecule has 1 saturated heterocycles. The van der Waals surface area contributed by atoms with Crippen LogP contribution in [0.1, 0.15) is 44.1 Å². The standard InChI is InChI=1S/C16H20N2O/c1-2-6-15(5-1)19-16-10-13(11-17-12-16)7-8-14-4-3-9-18-14/h10-12,14-15,18H,1-6,9H2. The van der Waals surface area contributed by atoms with E-state index < -0.39 is 0 Å². The Morgan fingerprint density at radius 1 is 1.16 bits per heavy atom. The van der Waals surface area contributed by atoms with Crippen molar-refractivity contribution in [3.8, 4) is 17.6 Å². The Morgan fingerprint density at radius 2 is 2.05 bits per heavy atom. The molecule has 0 radical (unpaired) electrons. The van der Waals surface area contributed by atoms with Gasteiger partial charge in [-0.1, -0.05) is 11.8 Å². The summed E-state index contributed by atoms with van der Waals surface area (Å²) in [6, 6.07) is 2.35. The van der Waals surface area contributed by atoms with Crippen LogP contribution in [0.5, 0.6) is 5.75 Å². The molecule has 2 aliphatic rings. The lowest BCUT2D eigenvalue weighted by molar-refractivity contribution is 0.209. The highest BCUT2D eigenvalue weighted by atomic mass is 16.5. The van der Waals surface area contributed by atoms with Crippen LogP contribution in [0.3, 0.4) is 0 Å². The maximum atomic E-state index is 5.94. The predicted octanol–water partition coefficient (Wildman–Crippen LogP) is 2.51. The first-order chi connectivity index (χ1) is 9.40. The van der Waals surface area contributed by atoms with Crippen LogP contribution < -0.4 is 10.1 Å². The lowest BCUT2D eigenvalue weighted by Crippen LogP contribution is -2.18. The lowest BCUT2D eigenvalue weighted by atomic mass is 10.2. The van der Waals surface area contributed by atoms with Gasteiger partial charge in [-0.05, 0) is 51.1 Å². The van der Waals surface area contributed by atoms with Gasteiger partial charge in [-0.2, -0.15) is 0 Å². The van der Waals surface area contributed by atoms with Crippen molar-refractivity contribution in [1.82, 2.24) is 10.3 Å². The van der Waals surface area contributed by atoms with Gasteiger partial charge in [-0.3, -0.25) is 4.98 Å². The largest absolute Gasteiger partial charge is 0.489 e. The van der Waals surface area contributed by atoms with Crippen molar-refractivity contribution in [3.63, 3.8) is 0 Å². The van der Waals surface area contributed by atoms with Gasteiger partial charge in [-0.25, -0.2) is 0 Å². The van der Waals surface area contributed by atoms with E-state index in [0.29, 0.717) is 12.1 Å². The van der Waals surface area contributed by atoms with Crippen LogP contribution in [0.4, 0.5) is 0 Å². The van der Waals surface area contributed by atoms with Crippen molar-refractivity contribution in [3.05, 3.63) is 24.0 Å². The Morgan fingerprint density at radius 3 is 2.84 bits per heavy atom. The molecule has 2 heterocycles. The normalized spacial score (nSPS) is 23.1. The van der Waals surface area contributed by atoms with E-state index in [4.69, 9.17) is 4.74 Å². The molecule has 3 heteroatoms. The minimum absolute atomic E-state index is 0.347. The van der Waals surface area contributed by atoms with Crippen LogP contribution in [0.15, 0.2) is 18.5 Å². The summed E-state index contributed by atoms with van der Waals surface area (Å²) in [5.74, 6) is 7.32. The van der Waals surface area contributed by atoms with Gasteiger partial charge in [-0.15, -0.1) is 0 Å². The zero-order chi connectivity index (χ0) is 12.9. The van der Waals surface area contributed by atoms with Gasteiger partial charge in [0.25, 0.3) is 0 Å². The van der Waals surface area contributed by atoms with Crippen LogP contribution in [-0.2, 0) is 0 Å². The minimum atomic E-state index is 0.347. The van der Waals surface area contributed by atoms with Gasteiger partial charge >= 0.3 is 0 Å². The second-order valence-corrected chi connectivity index (χ2v) is 5.35. The van der Waals surface area contributed by atoms with Crippen molar-refractivity contribution in [2.24, 2.45) is 0 Å². The second kappa shape index (κ2) is 6.08. The van der Waals surface area contributed by atoms with Crippen LogP contribution in [0.2, 0.25) is 0 Å². The van der Waals surface area contributed by atoms with E-state index in [-0.39, 0.29) is 0 Å². The van der Waals surface area contributed by atoms with E-state index in [2.05, 4.69) is 22.1 Å². The van der Waals surface area contributed by atoms with E-state index in [1.54, 1.807) is 6.20 Å². The zero-order valence-corrected chi connectivity index (χ0v) is 11.2. The van der Waals surface area contributed by atoms with E-state index in [1.165, 1.54) is 32.1 Å². The van der Waals surface area contributed by atoms with Gasteiger partial charge in [0.05, 0.1) is 18.3 Å². The fourth-order valence-electron chi connectivity index (χ4n) is 2.73. The molecular weight excluding hydrogens is 236 g/mol. The monoisotopic (exact) mass is 256 g/mol. The van der Waals surface area contributed by atoms with Crippen LogP contribution in [0, 0.1) is 11.8 Å². The van der Waals surface area contributed by atoms with Crippen molar-refractivity contribution < 1.29 is 4.74 Å². The Balaban J connectivity index is 1.64. The van der Waals surface area contributed by atoms with Gasteiger partial charge in [0.15, 0.2) is 0 Å². The minimum Gasteiger partial charge on any atom is -0.489 e.